The third kappa shape index (κ3) is 6.95. The number of hydrogen-bond donors (Lipinski definition) is 0. The van der Waals surface area contributed by atoms with Gasteiger partial charge in [-0.05, 0) is 62.8 Å². The predicted molar refractivity (Wildman–Crippen MR) is 170 cm³/mol. The van der Waals surface area contributed by atoms with Crippen LogP contribution in [0.2, 0.25) is 0 Å². The van der Waals surface area contributed by atoms with Crippen LogP contribution < -0.4 is 0 Å². The Kier molecular flexibility index (Phi) is 13.4. The van der Waals surface area contributed by atoms with Gasteiger partial charge >= 0.3 is 15.2 Å². The molecular formula is C33H52O6P2. The summed E-state index contributed by atoms with van der Waals surface area (Å²) in [5.74, 6) is 0. The quantitative estimate of drug-likeness (QED) is 0.110. The van der Waals surface area contributed by atoms with E-state index in [1.54, 1.807) is 0 Å². The summed E-state index contributed by atoms with van der Waals surface area (Å²) in [5, 5.41) is 0. The Hall–Kier alpha value is -1.26. The van der Waals surface area contributed by atoms with Crippen LogP contribution in [0.4, 0.5) is 0 Å². The lowest BCUT2D eigenvalue weighted by Crippen LogP contribution is -2.50. The third-order valence-electron chi connectivity index (χ3n) is 8.25. The lowest BCUT2D eigenvalue weighted by molar-refractivity contribution is 0.181. The number of fused-ring (bicyclic) bond motifs is 3. The fourth-order valence-corrected chi connectivity index (χ4v) is 12.2. The van der Waals surface area contributed by atoms with E-state index in [1.807, 2.05) is 52.0 Å². The van der Waals surface area contributed by atoms with Gasteiger partial charge < -0.3 is 18.1 Å². The van der Waals surface area contributed by atoms with E-state index < -0.39 is 31.9 Å². The molecule has 0 amide bonds. The third-order valence-corrected chi connectivity index (χ3v) is 13.6. The minimum atomic E-state index is -3.73. The first-order valence-electron chi connectivity index (χ1n) is 15.8. The van der Waals surface area contributed by atoms with E-state index in [2.05, 4.69) is 38.1 Å². The SMILES string of the molecule is CCCCCC(C1(C(CCCCC)P(=O)(OCC)OCC)c2ccccc2-c2ccccc21)P(=O)(OCC)OCC. The molecule has 0 heterocycles. The Morgan fingerprint density at radius 1 is 0.561 bits per heavy atom. The summed E-state index contributed by atoms with van der Waals surface area (Å²) in [6, 6.07) is 16.6. The topological polar surface area (TPSA) is 71.1 Å². The molecule has 0 aromatic heterocycles. The molecule has 1 aliphatic rings. The lowest BCUT2D eigenvalue weighted by atomic mass is 9.69. The molecule has 1 aliphatic carbocycles. The van der Waals surface area contributed by atoms with Crippen molar-refractivity contribution in [2.75, 3.05) is 26.4 Å². The molecule has 2 unspecified atom stereocenters. The van der Waals surface area contributed by atoms with Crippen molar-refractivity contribution >= 4 is 15.2 Å². The smallest absolute Gasteiger partial charge is 0.309 e. The molecule has 2 atom stereocenters. The van der Waals surface area contributed by atoms with Crippen LogP contribution in [0.3, 0.4) is 0 Å². The van der Waals surface area contributed by atoms with Gasteiger partial charge in [0, 0.05) is 5.41 Å². The van der Waals surface area contributed by atoms with Crippen LogP contribution in [-0.2, 0) is 32.6 Å². The summed E-state index contributed by atoms with van der Waals surface area (Å²) in [7, 11) is -7.46. The van der Waals surface area contributed by atoms with Gasteiger partial charge in [-0.15, -0.1) is 0 Å². The Bertz CT molecular complexity index is 1070. The minimum absolute atomic E-state index is 0.260. The van der Waals surface area contributed by atoms with Crippen LogP contribution >= 0.6 is 15.2 Å². The first kappa shape index (κ1) is 34.2. The zero-order valence-electron chi connectivity index (χ0n) is 26.1. The lowest BCUT2D eigenvalue weighted by Gasteiger charge is -2.48. The number of unbranched alkanes of at least 4 members (excludes halogenated alkanes) is 4. The molecular weight excluding hydrogens is 554 g/mol. The average molecular weight is 607 g/mol. The van der Waals surface area contributed by atoms with Crippen LogP contribution in [0, 0.1) is 0 Å². The molecule has 0 N–H and O–H groups in total. The molecule has 230 valence electrons. The normalized spacial score (nSPS) is 15.9. The van der Waals surface area contributed by atoms with E-state index in [0.29, 0.717) is 12.8 Å². The van der Waals surface area contributed by atoms with Gasteiger partial charge in [-0.2, -0.15) is 0 Å². The Balaban J connectivity index is 2.52. The molecule has 8 heteroatoms. The second-order valence-electron chi connectivity index (χ2n) is 10.7. The van der Waals surface area contributed by atoms with Crippen LogP contribution in [0.15, 0.2) is 48.5 Å². The summed E-state index contributed by atoms with van der Waals surface area (Å²) >= 11 is 0. The Labute approximate surface area is 249 Å². The summed E-state index contributed by atoms with van der Waals surface area (Å²) < 4.78 is 55.2. The first-order chi connectivity index (χ1) is 19.8. The highest BCUT2D eigenvalue weighted by Crippen LogP contribution is 2.73. The van der Waals surface area contributed by atoms with Crippen molar-refractivity contribution in [3.8, 4) is 11.1 Å². The minimum Gasteiger partial charge on any atom is -0.309 e. The van der Waals surface area contributed by atoms with Crippen molar-refractivity contribution in [3.05, 3.63) is 59.7 Å². The molecule has 41 heavy (non-hydrogen) atoms. The van der Waals surface area contributed by atoms with Gasteiger partial charge in [0.05, 0.1) is 37.7 Å². The highest BCUT2D eigenvalue weighted by Gasteiger charge is 2.64. The number of hydrogen-bond acceptors (Lipinski definition) is 6. The Morgan fingerprint density at radius 3 is 1.22 bits per heavy atom. The van der Waals surface area contributed by atoms with Gasteiger partial charge in [0.15, 0.2) is 0 Å². The maximum absolute atomic E-state index is 15.2. The highest BCUT2D eigenvalue weighted by molar-refractivity contribution is 7.56. The summed E-state index contributed by atoms with van der Waals surface area (Å²) in [5.41, 5.74) is 2.06. The molecule has 2 aromatic rings. The van der Waals surface area contributed by atoms with Crippen molar-refractivity contribution in [2.24, 2.45) is 0 Å². The van der Waals surface area contributed by atoms with E-state index in [0.717, 1.165) is 60.8 Å². The van der Waals surface area contributed by atoms with Gasteiger partial charge in [-0.25, -0.2) is 0 Å². The monoisotopic (exact) mass is 606 g/mol. The summed E-state index contributed by atoms with van der Waals surface area (Å²) in [6.45, 7) is 12.8. The molecule has 0 aliphatic heterocycles. The fourth-order valence-electron chi connectivity index (χ4n) is 6.84. The maximum atomic E-state index is 15.2. The standard InChI is InChI=1S/C33H52O6P2/c1-7-13-15-25-31(40(34,36-9-3)37-10-4)33(32(26-16-14-8-2)41(35,38-11-5)39-12-6)29-23-19-17-21-27(29)28-22-18-20-24-30(28)33/h17-24,31-32H,7-16,25-26H2,1-6H3. The summed E-state index contributed by atoms with van der Waals surface area (Å²) in [6.07, 6.45) is 6.95. The first-order valence-corrected chi connectivity index (χ1v) is 19.0. The molecule has 0 fully saturated rings. The van der Waals surface area contributed by atoms with Crippen molar-refractivity contribution in [1.82, 2.24) is 0 Å². The van der Waals surface area contributed by atoms with Crippen LogP contribution in [0.5, 0.6) is 0 Å². The molecule has 0 saturated heterocycles. The van der Waals surface area contributed by atoms with Crippen molar-refractivity contribution < 1.29 is 27.2 Å². The largest absolute Gasteiger partial charge is 0.334 e. The molecule has 0 bridgehead atoms. The van der Waals surface area contributed by atoms with E-state index in [9.17, 15) is 0 Å². The van der Waals surface area contributed by atoms with Gasteiger partial charge in [0.1, 0.15) is 0 Å². The molecule has 0 spiro atoms. The molecule has 3 rings (SSSR count). The zero-order valence-corrected chi connectivity index (χ0v) is 27.9. The van der Waals surface area contributed by atoms with Crippen molar-refractivity contribution in [2.45, 2.75) is 110 Å². The van der Waals surface area contributed by atoms with Gasteiger partial charge in [0.2, 0.25) is 0 Å². The van der Waals surface area contributed by atoms with Gasteiger partial charge in [-0.1, -0.05) is 101 Å². The maximum Gasteiger partial charge on any atom is 0.334 e. The van der Waals surface area contributed by atoms with Gasteiger partial charge in [0.25, 0.3) is 0 Å². The van der Waals surface area contributed by atoms with Crippen LogP contribution in [0.1, 0.15) is 104 Å². The predicted octanol–water partition coefficient (Wildman–Crippen LogP) is 10.4. The van der Waals surface area contributed by atoms with E-state index in [4.69, 9.17) is 18.1 Å². The zero-order chi connectivity index (χ0) is 29.9. The molecule has 0 radical (unpaired) electrons. The van der Waals surface area contributed by atoms with E-state index in [1.165, 1.54) is 0 Å². The summed E-state index contributed by atoms with van der Waals surface area (Å²) in [4.78, 5) is 0. The highest BCUT2D eigenvalue weighted by atomic mass is 31.2. The van der Waals surface area contributed by atoms with Crippen LogP contribution in [-0.4, -0.2) is 37.7 Å². The van der Waals surface area contributed by atoms with Gasteiger partial charge in [-0.3, -0.25) is 9.13 Å². The second-order valence-corrected chi connectivity index (χ2v) is 15.2. The van der Waals surface area contributed by atoms with Crippen LogP contribution in [0.25, 0.3) is 11.1 Å². The van der Waals surface area contributed by atoms with E-state index in [-0.39, 0.29) is 26.4 Å². The molecule has 0 saturated carbocycles. The van der Waals surface area contributed by atoms with Crippen molar-refractivity contribution in [3.63, 3.8) is 0 Å². The molecule has 6 nitrogen and oxygen atoms in total. The fraction of sp³-hybridized carbons (Fsp3) is 0.636. The molecule has 2 aromatic carbocycles. The second kappa shape index (κ2) is 16.0. The average Bonchev–Trinajstić information content (AvgIpc) is 3.24. The number of rotatable bonds is 20. The van der Waals surface area contributed by atoms with E-state index >= 15 is 9.13 Å². The van der Waals surface area contributed by atoms with Crippen molar-refractivity contribution in [1.29, 1.82) is 0 Å². The number of benzene rings is 2. The Morgan fingerprint density at radius 2 is 0.902 bits per heavy atom.